The molecule has 1 amide bonds. The molecule has 0 unspecified atom stereocenters. The van der Waals surface area contributed by atoms with Crippen LogP contribution in [0.15, 0.2) is 29.6 Å². The molecule has 0 spiro atoms. The minimum Gasteiger partial charge on any atom is -0.489 e. The number of carbonyl (C=O) groups excluding carboxylic acids is 1. The van der Waals surface area contributed by atoms with Gasteiger partial charge in [0.2, 0.25) is 0 Å². The van der Waals surface area contributed by atoms with Crippen molar-refractivity contribution in [2.45, 2.75) is 39.2 Å². The Morgan fingerprint density at radius 1 is 1.21 bits per heavy atom. The quantitative estimate of drug-likeness (QED) is 0.737. The summed E-state index contributed by atoms with van der Waals surface area (Å²) in [5.41, 5.74) is 2.03. The number of hydrogen-bond donors (Lipinski definition) is 0. The van der Waals surface area contributed by atoms with Crippen molar-refractivity contribution in [3.63, 3.8) is 0 Å². The number of thiophene rings is 1. The smallest absolute Gasteiger partial charge is 0.263 e. The van der Waals surface area contributed by atoms with Crippen LogP contribution in [0, 0.1) is 6.92 Å². The first-order chi connectivity index (χ1) is 11.6. The highest BCUT2D eigenvalue weighted by atomic mass is 35.5. The van der Waals surface area contributed by atoms with Crippen molar-refractivity contribution in [1.82, 2.24) is 4.90 Å². The molecule has 0 radical (unpaired) electrons. The van der Waals surface area contributed by atoms with Crippen molar-refractivity contribution < 1.29 is 9.53 Å². The molecule has 1 aliphatic heterocycles. The molecule has 3 nitrogen and oxygen atoms in total. The zero-order valence-electron chi connectivity index (χ0n) is 13.9. The topological polar surface area (TPSA) is 29.5 Å². The molecule has 5 heteroatoms. The number of halogens is 1. The van der Waals surface area contributed by atoms with Gasteiger partial charge in [0.05, 0.1) is 4.88 Å². The normalized spacial score (nSPS) is 15.2. The molecule has 2 heterocycles. The molecule has 0 aliphatic carbocycles. The van der Waals surface area contributed by atoms with Crippen LogP contribution in [0.5, 0.6) is 5.75 Å². The maximum absolute atomic E-state index is 12.6. The summed E-state index contributed by atoms with van der Waals surface area (Å²) in [6, 6.07) is 7.60. The molecule has 0 bridgehead atoms. The van der Waals surface area contributed by atoms with Gasteiger partial charge in [0.15, 0.2) is 0 Å². The van der Waals surface area contributed by atoms with E-state index in [4.69, 9.17) is 16.3 Å². The minimum absolute atomic E-state index is 0.162. The molecule has 24 heavy (non-hydrogen) atoms. The van der Waals surface area contributed by atoms with Gasteiger partial charge in [-0.3, -0.25) is 4.79 Å². The fourth-order valence-corrected chi connectivity index (χ4v) is 3.85. The van der Waals surface area contributed by atoms with Gasteiger partial charge < -0.3 is 9.64 Å². The van der Waals surface area contributed by atoms with E-state index in [1.165, 1.54) is 24.2 Å². The minimum atomic E-state index is 0.162. The van der Waals surface area contributed by atoms with Crippen LogP contribution in [-0.2, 0) is 6.61 Å². The van der Waals surface area contributed by atoms with Crippen LogP contribution in [0.2, 0.25) is 5.02 Å². The zero-order valence-corrected chi connectivity index (χ0v) is 15.5. The van der Waals surface area contributed by atoms with Crippen LogP contribution in [0.25, 0.3) is 0 Å². The second-order valence-corrected chi connectivity index (χ2v) is 7.54. The lowest BCUT2D eigenvalue weighted by atomic mass is 10.2. The second-order valence-electron chi connectivity index (χ2n) is 6.23. The van der Waals surface area contributed by atoms with Crippen LogP contribution in [-0.4, -0.2) is 23.9 Å². The molecule has 0 saturated carbocycles. The third-order valence-electron chi connectivity index (χ3n) is 4.29. The number of likely N-dealkylation sites (tertiary alicyclic amines) is 1. The highest BCUT2D eigenvalue weighted by Gasteiger charge is 2.19. The molecular formula is C19H22ClNO2S. The Morgan fingerprint density at radius 2 is 1.96 bits per heavy atom. The lowest BCUT2D eigenvalue weighted by Crippen LogP contribution is -2.31. The first-order valence-corrected chi connectivity index (χ1v) is 9.65. The zero-order chi connectivity index (χ0) is 16.9. The number of carbonyl (C=O) groups is 1. The van der Waals surface area contributed by atoms with Crippen molar-refractivity contribution >= 4 is 28.8 Å². The Bertz CT molecular complexity index is 705. The summed E-state index contributed by atoms with van der Waals surface area (Å²) in [4.78, 5) is 15.4. The Morgan fingerprint density at radius 3 is 2.67 bits per heavy atom. The van der Waals surface area contributed by atoms with E-state index < -0.39 is 0 Å². The van der Waals surface area contributed by atoms with Crippen LogP contribution < -0.4 is 4.74 Å². The van der Waals surface area contributed by atoms with E-state index in [1.807, 2.05) is 41.5 Å². The fourth-order valence-electron chi connectivity index (χ4n) is 2.87. The highest BCUT2D eigenvalue weighted by Crippen LogP contribution is 2.24. The van der Waals surface area contributed by atoms with E-state index in [-0.39, 0.29) is 5.91 Å². The predicted octanol–water partition coefficient (Wildman–Crippen LogP) is 5.31. The van der Waals surface area contributed by atoms with Crippen LogP contribution in [0.3, 0.4) is 0 Å². The van der Waals surface area contributed by atoms with E-state index in [0.717, 1.165) is 52.7 Å². The Labute approximate surface area is 152 Å². The molecule has 1 aromatic heterocycles. The van der Waals surface area contributed by atoms with Gasteiger partial charge in [-0.05, 0) is 55.0 Å². The molecule has 1 saturated heterocycles. The number of amides is 1. The Balaban J connectivity index is 1.60. The highest BCUT2D eigenvalue weighted by molar-refractivity contribution is 7.12. The van der Waals surface area contributed by atoms with Gasteiger partial charge in [0, 0.05) is 23.7 Å². The number of aryl methyl sites for hydroxylation is 1. The Kier molecular flexibility index (Phi) is 5.80. The van der Waals surface area contributed by atoms with Crippen LogP contribution in [0.4, 0.5) is 0 Å². The van der Waals surface area contributed by atoms with E-state index >= 15 is 0 Å². The first kappa shape index (κ1) is 17.3. The van der Waals surface area contributed by atoms with Gasteiger partial charge in [0.25, 0.3) is 5.91 Å². The Hall–Kier alpha value is -1.52. The molecule has 2 aromatic rings. The largest absolute Gasteiger partial charge is 0.489 e. The summed E-state index contributed by atoms with van der Waals surface area (Å²) in [5, 5.41) is 2.75. The lowest BCUT2D eigenvalue weighted by Gasteiger charge is -2.19. The molecule has 1 aliphatic rings. The van der Waals surface area contributed by atoms with Gasteiger partial charge in [-0.2, -0.15) is 0 Å². The summed E-state index contributed by atoms with van der Waals surface area (Å²) < 4.78 is 5.81. The average Bonchev–Trinajstić information content (AvgIpc) is 2.88. The second kappa shape index (κ2) is 8.04. The lowest BCUT2D eigenvalue weighted by molar-refractivity contribution is 0.0766. The van der Waals surface area contributed by atoms with Crippen molar-refractivity contribution in [2.24, 2.45) is 0 Å². The van der Waals surface area contributed by atoms with Crippen molar-refractivity contribution in [1.29, 1.82) is 0 Å². The molecule has 3 rings (SSSR count). The number of rotatable bonds is 4. The molecule has 1 fully saturated rings. The summed E-state index contributed by atoms with van der Waals surface area (Å²) in [6.45, 7) is 4.18. The van der Waals surface area contributed by atoms with Crippen molar-refractivity contribution in [3.8, 4) is 5.75 Å². The van der Waals surface area contributed by atoms with Crippen molar-refractivity contribution in [3.05, 3.63) is 50.7 Å². The number of nitrogens with zero attached hydrogens (tertiary/aromatic N) is 1. The maximum atomic E-state index is 12.6. The summed E-state index contributed by atoms with van der Waals surface area (Å²) in [7, 11) is 0. The van der Waals surface area contributed by atoms with E-state index in [0.29, 0.717) is 6.61 Å². The standard InChI is InChI=1S/C19H22ClNO2S/c1-14-10-16(6-7-17(14)20)23-12-15-11-18(24-13-15)19(22)21-8-4-2-3-5-9-21/h6-7,10-11,13H,2-5,8-9,12H2,1H3. The molecule has 128 valence electrons. The third kappa shape index (κ3) is 4.31. The van der Waals surface area contributed by atoms with E-state index in [9.17, 15) is 4.79 Å². The number of benzene rings is 1. The van der Waals surface area contributed by atoms with E-state index in [1.54, 1.807) is 0 Å². The average molecular weight is 364 g/mol. The fraction of sp³-hybridized carbons (Fsp3) is 0.421. The van der Waals surface area contributed by atoms with E-state index in [2.05, 4.69) is 0 Å². The molecule has 0 atom stereocenters. The summed E-state index contributed by atoms with van der Waals surface area (Å²) >= 11 is 7.53. The number of hydrogen-bond acceptors (Lipinski definition) is 3. The third-order valence-corrected chi connectivity index (χ3v) is 5.68. The maximum Gasteiger partial charge on any atom is 0.263 e. The predicted molar refractivity (Wildman–Crippen MR) is 99.2 cm³/mol. The summed E-state index contributed by atoms with van der Waals surface area (Å²) in [5.74, 6) is 0.957. The summed E-state index contributed by atoms with van der Waals surface area (Å²) in [6.07, 6.45) is 4.69. The monoisotopic (exact) mass is 363 g/mol. The van der Waals surface area contributed by atoms with Gasteiger partial charge in [-0.1, -0.05) is 24.4 Å². The van der Waals surface area contributed by atoms with Crippen molar-refractivity contribution in [2.75, 3.05) is 13.1 Å². The van der Waals surface area contributed by atoms with Crippen LogP contribution >= 0.6 is 22.9 Å². The van der Waals surface area contributed by atoms with Gasteiger partial charge in [0.1, 0.15) is 12.4 Å². The first-order valence-electron chi connectivity index (χ1n) is 8.39. The van der Waals surface area contributed by atoms with Gasteiger partial charge in [-0.15, -0.1) is 11.3 Å². The SMILES string of the molecule is Cc1cc(OCc2csc(C(=O)N3CCCCCC3)c2)ccc1Cl. The number of ether oxygens (including phenoxy) is 1. The van der Waals surface area contributed by atoms with Gasteiger partial charge in [-0.25, -0.2) is 0 Å². The van der Waals surface area contributed by atoms with Crippen LogP contribution in [0.1, 0.15) is 46.5 Å². The molecular weight excluding hydrogens is 342 g/mol. The van der Waals surface area contributed by atoms with Gasteiger partial charge >= 0.3 is 0 Å². The molecule has 1 aromatic carbocycles. The molecule has 0 N–H and O–H groups in total.